The normalized spacial score (nSPS) is 15.2. The molecule has 1 saturated heterocycles. The average Bonchev–Trinajstić information content (AvgIpc) is 3.45. The molecule has 0 spiro atoms. The Balaban J connectivity index is 1.37. The standard InChI is InChI=1S/C27H30N6O3S2/c1-3-5-25(21-7-9-22(10-8-21)29-20(2)34)31-27(28)30-23-11-13-24(14-12-23)32-15-17-33(18-16-32)38(35,36)26-6-4-19-37-26/h3-14,19H,1,15-18H2,2H3,(H,29,34)(H3,28,30,31)/b25-5-. The number of carbonyl (C=O) groups is 1. The van der Waals surface area contributed by atoms with E-state index in [1.165, 1.54) is 18.3 Å². The highest BCUT2D eigenvalue weighted by atomic mass is 32.2. The minimum absolute atomic E-state index is 0.138. The summed E-state index contributed by atoms with van der Waals surface area (Å²) in [5.74, 6) is 0.0747. The van der Waals surface area contributed by atoms with E-state index in [1.54, 1.807) is 46.1 Å². The van der Waals surface area contributed by atoms with Gasteiger partial charge in [-0.05, 0) is 53.9 Å². The predicted octanol–water partition coefficient (Wildman–Crippen LogP) is 4.17. The van der Waals surface area contributed by atoms with Crippen LogP contribution in [0.3, 0.4) is 0 Å². The number of guanidine groups is 1. The molecular formula is C27H30N6O3S2. The maximum absolute atomic E-state index is 12.8. The molecule has 1 amide bonds. The number of sulfonamides is 1. The summed E-state index contributed by atoms with van der Waals surface area (Å²) >= 11 is 1.24. The van der Waals surface area contributed by atoms with Crippen LogP contribution in [0.5, 0.6) is 0 Å². The number of amides is 1. The van der Waals surface area contributed by atoms with Gasteiger partial charge in [-0.2, -0.15) is 4.31 Å². The molecule has 1 aliphatic rings. The van der Waals surface area contributed by atoms with Crippen LogP contribution in [0.2, 0.25) is 0 Å². The number of aliphatic imine (C=N–C) groups is 1. The molecule has 4 N–H and O–H groups in total. The second-order valence-corrected chi connectivity index (χ2v) is 11.7. The molecular weight excluding hydrogens is 520 g/mol. The van der Waals surface area contributed by atoms with Crippen LogP contribution in [0, 0.1) is 0 Å². The number of rotatable bonds is 8. The smallest absolute Gasteiger partial charge is 0.252 e. The lowest BCUT2D eigenvalue weighted by Crippen LogP contribution is -2.48. The number of hydrogen-bond donors (Lipinski definition) is 3. The van der Waals surface area contributed by atoms with Crippen LogP contribution in [0.15, 0.2) is 94.0 Å². The number of benzene rings is 2. The first-order valence-electron chi connectivity index (χ1n) is 12.0. The molecule has 0 atom stereocenters. The Labute approximate surface area is 227 Å². The van der Waals surface area contributed by atoms with E-state index in [1.807, 2.05) is 36.4 Å². The third kappa shape index (κ3) is 6.68. The summed E-state index contributed by atoms with van der Waals surface area (Å²) in [5, 5.41) is 7.61. The molecule has 0 unspecified atom stereocenters. The second-order valence-electron chi connectivity index (χ2n) is 8.54. The Hall–Kier alpha value is -3.93. The van der Waals surface area contributed by atoms with Crippen molar-refractivity contribution in [2.24, 2.45) is 10.7 Å². The van der Waals surface area contributed by atoms with E-state index >= 15 is 0 Å². The third-order valence-electron chi connectivity index (χ3n) is 5.85. The summed E-state index contributed by atoms with van der Waals surface area (Å²) in [6.45, 7) is 7.30. The minimum atomic E-state index is -3.43. The first-order chi connectivity index (χ1) is 18.3. The number of nitrogens with one attached hydrogen (secondary N) is 2. The first-order valence-corrected chi connectivity index (χ1v) is 14.3. The summed E-state index contributed by atoms with van der Waals surface area (Å²) in [4.78, 5) is 17.9. The van der Waals surface area contributed by atoms with Gasteiger partial charge in [-0.1, -0.05) is 30.9 Å². The maximum Gasteiger partial charge on any atom is 0.252 e. The molecule has 0 bridgehead atoms. The third-order valence-corrected chi connectivity index (χ3v) is 9.12. The molecule has 11 heteroatoms. The maximum atomic E-state index is 12.8. The number of carbonyl (C=O) groups excluding carboxylic acids is 1. The Morgan fingerprint density at radius 2 is 1.63 bits per heavy atom. The van der Waals surface area contributed by atoms with Crippen LogP contribution in [0.1, 0.15) is 12.5 Å². The Kier molecular flexibility index (Phi) is 8.62. The number of thiophene rings is 1. The summed E-state index contributed by atoms with van der Waals surface area (Å²) in [7, 11) is -3.43. The fourth-order valence-corrected chi connectivity index (χ4v) is 6.59. The highest BCUT2D eigenvalue weighted by molar-refractivity contribution is 7.91. The van der Waals surface area contributed by atoms with E-state index in [0.29, 0.717) is 41.8 Å². The summed E-state index contributed by atoms with van der Waals surface area (Å²) in [5.41, 5.74) is 10.1. The SMILES string of the molecule is C=C/C=C(\N=C(N)Nc1ccc(N2CCN(S(=O)(=O)c3cccs3)CC2)cc1)c1ccc(NC(C)=O)cc1. The molecule has 0 radical (unpaired) electrons. The summed E-state index contributed by atoms with van der Waals surface area (Å²) < 4.78 is 27.5. The van der Waals surface area contributed by atoms with Crippen LogP contribution in [-0.2, 0) is 14.8 Å². The van der Waals surface area contributed by atoms with Crippen LogP contribution in [-0.4, -0.2) is 50.8 Å². The van der Waals surface area contributed by atoms with Gasteiger partial charge in [-0.3, -0.25) is 4.79 Å². The van der Waals surface area contributed by atoms with Crippen LogP contribution >= 0.6 is 11.3 Å². The van der Waals surface area contributed by atoms with Crippen molar-refractivity contribution in [1.29, 1.82) is 0 Å². The van der Waals surface area contributed by atoms with Crippen molar-refractivity contribution in [2.75, 3.05) is 41.7 Å². The number of nitrogens with two attached hydrogens (primary N) is 1. The van der Waals surface area contributed by atoms with Crippen LogP contribution in [0.4, 0.5) is 17.1 Å². The monoisotopic (exact) mass is 550 g/mol. The molecule has 1 aliphatic heterocycles. The van der Waals surface area contributed by atoms with Gasteiger partial charge >= 0.3 is 0 Å². The lowest BCUT2D eigenvalue weighted by atomic mass is 10.1. The zero-order valence-corrected chi connectivity index (χ0v) is 22.6. The van der Waals surface area contributed by atoms with E-state index in [9.17, 15) is 13.2 Å². The van der Waals surface area contributed by atoms with Crippen LogP contribution in [0.25, 0.3) is 5.70 Å². The van der Waals surface area contributed by atoms with Crippen LogP contribution < -0.4 is 21.3 Å². The van der Waals surface area contributed by atoms with E-state index in [4.69, 9.17) is 5.73 Å². The first kappa shape index (κ1) is 27.1. The van der Waals surface area contributed by atoms with Crippen molar-refractivity contribution in [1.82, 2.24) is 4.31 Å². The van der Waals surface area contributed by atoms with Gasteiger partial charge in [0.05, 0.1) is 5.70 Å². The molecule has 2 heterocycles. The fourth-order valence-electron chi connectivity index (χ4n) is 4.02. The van der Waals surface area contributed by atoms with Gasteiger partial charge in [0.2, 0.25) is 5.91 Å². The topological polar surface area (TPSA) is 120 Å². The average molecular weight is 551 g/mol. The number of hydrogen-bond acceptors (Lipinski definition) is 6. The van der Waals surface area contributed by atoms with Gasteiger partial charge in [-0.25, -0.2) is 13.4 Å². The zero-order chi connectivity index (χ0) is 27.1. The molecule has 1 fully saturated rings. The molecule has 1 aromatic heterocycles. The molecule has 0 aliphatic carbocycles. The van der Waals surface area contributed by atoms with Gasteiger partial charge in [0, 0.05) is 55.7 Å². The highest BCUT2D eigenvalue weighted by Crippen LogP contribution is 2.25. The van der Waals surface area contributed by atoms with Crippen molar-refractivity contribution in [3.05, 3.63) is 90.3 Å². The van der Waals surface area contributed by atoms with Crippen molar-refractivity contribution in [2.45, 2.75) is 11.1 Å². The van der Waals surface area contributed by atoms with Gasteiger partial charge in [-0.15, -0.1) is 11.3 Å². The van der Waals surface area contributed by atoms with E-state index in [0.717, 1.165) is 16.9 Å². The number of anilines is 3. The van der Waals surface area contributed by atoms with E-state index in [2.05, 4.69) is 27.1 Å². The fraction of sp³-hybridized carbons (Fsp3) is 0.185. The van der Waals surface area contributed by atoms with Crippen molar-refractivity contribution >= 4 is 56.0 Å². The predicted molar refractivity (Wildman–Crippen MR) is 156 cm³/mol. The van der Waals surface area contributed by atoms with Crippen molar-refractivity contribution in [3.63, 3.8) is 0 Å². The molecule has 198 valence electrons. The van der Waals surface area contributed by atoms with Gasteiger partial charge < -0.3 is 21.3 Å². The lowest BCUT2D eigenvalue weighted by molar-refractivity contribution is -0.114. The zero-order valence-electron chi connectivity index (χ0n) is 21.0. The Bertz CT molecular complexity index is 1420. The van der Waals surface area contributed by atoms with E-state index in [-0.39, 0.29) is 11.9 Å². The minimum Gasteiger partial charge on any atom is -0.369 e. The van der Waals surface area contributed by atoms with Crippen molar-refractivity contribution in [3.8, 4) is 0 Å². The molecule has 38 heavy (non-hydrogen) atoms. The number of allylic oxidation sites excluding steroid dienone is 2. The summed E-state index contributed by atoms with van der Waals surface area (Å²) in [6.07, 6.45) is 3.39. The quantitative estimate of drug-likeness (QED) is 0.220. The Morgan fingerprint density at radius 3 is 2.21 bits per heavy atom. The number of piperazine rings is 1. The van der Waals surface area contributed by atoms with Gasteiger partial charge in [0.25, 0.3) is 10.0 Å². The van der Waals surface area contributed by atoms with Gasteiger partial charge in [0.1, 0.15) is 4.21 Å². The number of nitrogens with zero attached hydrogens (tertiary/aromatic N) is 3. The summed E-state index contributed by atoms with van der Waals surface area (Å²) in [6, 6.07) is 18.4. The molecule has 3 aromatic rings. The largest absolute Gasteiger partial charge is 0.369 e. The van der Waals surface area contributed by atoms with E-state index < -0.39 is 10.0 Å². The lowest BCUT2D eigenvalue weighted by Gasteiger charge is -2.35. The molecule has 9 nitrogen and oxygen atoms in total. The molecule has 4 rings (SSSR count). The Morgan fingerprint density at radius 1 is 1.00 bits per heavy atom. The van der Waals surface area contributed by atoms with Gasteiger partial charge in [0.15, 0.2) is 5.96 Å². The molecule has 2 aromatic carbocycles. The molecule has 0 saturated carbocycles. The highest BCUT2D eigenvalue weighted by Gasteiger charge is 2.29. The van der Waals surface area contributed by atoms with Crippen molar-refractivity contribution < 1.29 is 13.2 Å². The second kappa shape index (κ2) is 12.1.